The summed E-state index contributed by atoms with van der Waals surface area (Å²) in [5.41, 5.74) is 1.22. The van der Waals surface area contributed by atoms with Crippen LogP contribution in [-0.2, 0) is 16.4 Å². The van der Waals surface area contributed by atoms with E-state index >= 15 is 0 Å². The predicted molar refractivity (Wildman–Crippen MR) is 121 cm³/mol. The molecule has 3 heterocycles. The monoisotopic (exact) mass is 544 g/mol. The highest BCUT2D eigenvalue weighted by atomic mass is 19.4. The minimum Gasteiger partial charge on any atom is -0.491 e. The van der Waals surface area contributed by atoms with E-state index < -0.39 is 29.9 Å². The maximum Gasteiger partial charge on any atom is 0.490 e. The molecule has 3 aliphatic rings. The smallest absolute Gasteiger partial charge is 0.490 e. The zero-order valence-corrected chi connectivity index (χ0v) is 20.1. The second-order valence-electron chi connectivity index (χ2n) is 9.66. The van der Waals surface area contributed by atoms with Crippen LogP contribution in [0, 0.1) is 5.41 Å². The van der Waals surface area contributed by atoms with Crippen molar-refractivity contribution in [3.63, 3.8) is 0 Å². The fourth-order valence-electron chi connectivity index (χ4n) is 5.11. The summed E-state index contributed by atoms with van der Waals surface area (Å²) >= 11 is 0. The Morgan fingerprint density at radius 3 is 2.26 bits per heavy atom. The Morgan fingerprint density at radius 1 is 1.11 bits per heavy atom. The number of rotatable bonds is 5. The lowest BCUT2D eigenvalue weighted by Crippen LogP contribution is -2.63. The van der Waals surface area contributed by atoms with Gasteiger partial charge in [-0.1, -0.05) is 13.0 Å². The van der Waals surface area contributed by atoms with Crippen molar-refractivity contribution in [2.45, 2.75) is 50.9 Å². The molecule has 3 aromatic rings. The van der Waals surface area contributed by atoms with Gasteiger partial charge in [0.05, 0.1) is 12.3 Å². The van der Waals surface area contributed by atoms with Crippen LogP contribution in [0.3, 0.4) is 0 Å². The Hall–Kier alpha value is -3.84. The van der Waals surface area contributed by atoms with E-state index in [2.05, 4.69) is 17.2 Å². The maximum absolute atomic E-state index is 12.9. The van der Waals surface area contributed by atoms with Gasteiger partial charge in [-0.2, -0.15) is 26.3 Å². The number of amides is 1. The Labute approximate surface area is 211 Å². The first-order chi connectivity index (χ1) is 17.6. The molecule has 1 amide bonds. The number of anilines is 1. The molecule has 204 valence electrons. The van der Waals surface area contributed by atoms with E-state index in [9.17, 15) is 31.1 Å². The molecule has 0 atom stereocenters. The normalized spacial score (nSPS) is 22.0. The van der Waals surface area contributed by atoms with Crippen LogP contribution in [0.1, 0.15) is 55.0 Å². The number of alkyl halides is 6. The van der Waals surface area contributed by atoms with Crippen molar-refractivity contribution in [1.82, 2.24) is 14.4 Å². The number of carbonyl (C=O) groups excluding carboxylic acids is 1. The molecule has 3 aromatic heterocycles. The number of imidazole rings is 1. The van der Waals surface area contributed by atoms with Crippen LogP contribution in [0.25, 0.3) is 5.65 Å². The molecule has 8 nitrogen and oxygen atoms in total. The average molecular weight is 544 g/mol. The summed E-state index contributed by atoms with van der Waals surface area (Å²) in [6, 6.07) is 4.95. The first-order valence-electron chi connectivity index (χ1n) is 11.4. The van der Waals surface area contributed by atoms with Gasteiger partial charge >= 0.3 is 18.3 Å². The topological polar surface area (TPSA) is 106 Å². The van der Waals surface area contributed by atoms with Crippen molar-refractivity contribution in [3.05, 3.63) is 53.7 Å². The average Bonchev–Trinajstić information content (AvgIpc) is 3.18. The van der Waals surface area contributed by atoms with Gasteiger partial charge in [-0.25, -0.2) is 14.8 Å². The predicted octanol–water partition coefficient (Wildman–Crippen LogP) is 5.47. The van der Waals surface area contributed by atoms with Crippen LogP contribution in [0.15, 0.2) is 36.7 Å². The van der Waals surface area contributed by atoms with Crippen molar-refractivity contribution in [1.29, 1.82) is 0 Å². The minimum absolute atomic E-state index is 0.151. The van der Waals surface area contributed by atoms with Gasteiger partial charge in [-0.05, 0) is 43.7 Å². The van der Waals surface area contributed by atoms with Gasteiger partial charge in [0.2, 0.25) is 0 Å². The lowest BCUT2D eigenvalue weighted by molar-refractivity contribution is -0.192. The number of hydrogen-bond donors (Lipinski definition) is 2. The van der Waals surface area contributed by atoms with Crippen molar-refractivity contribution in [2.24, 2.45) is 5.41 Å². The second kappa shape index (κ2) is 9.17. The lowest BCUT2D eigenvalue weighted by Gasteiger charge is -2.69. The maximum atomic E-state index is 12.9. The number of nitrogens with one attached hydrogen (secondary N) is 1. The molecule has 38 heavy (non-hydrogen) atoms. The van der Waals surface area contributed by atoms with Gasteiger partial charge in [0.1, 0.15) is 28.5 Å². The van der Waals surface area contributed by atoms with Gasteiger partial charge in [0, 0.05) is 23.9 Å². The zero-order chi connectivity index (χ0) is 28.1. The molecule has 6 rings (SSSR count). The Bertz CT molecular complexity index is 1380. The summed E-state index contributed by atoms with van der Waals surface area (Å²) < 4.78 is 78.0. The van der Waals surface area contributed by atoms with Gasteiger partial charge in [0.15, 0.2) is 0 Å². The van der Waals surface area contributed by atoms with Crippen LogP contribution in [-0.4, -0.2) is 44.1 Å². The molecular formula is C24H22F6N4O4. The molecule has 3 saturated carbocycles. The molecule has 0 aromatic carbocycles. The summed E-state index contributed by atoms with van der Waals surface area (Å²) in [5.74, 6) is -3.11. The Morgan fingerprint density at radius 2 is 1.74 bits per heavy atom. The summed E-state index contributed by atoms with van der Waals surface area (Å²) in [6.45, 7) is 4.45. The number of carbonyl (C=O) groups is 2. The lowest BCUT2D eigenvalue weighted by atomic mass is 9.35. The van der Waals surface area contributed by atoms with E-state index in [1.165, 1.54) is 6.07 Å². The molecule has 0 radical (unpaired) electrons. The van der Waals surface area contributed by atoms with Gasteiger partial charge in [-0.3, -0.25) is 4.79 Å². The molecule has 3 fully saturated rings. The third-order valence-corrected chi connectivity index (χ3v) is 6.46. The number of carboxylic acid groups (broad SMARTS) is 1. The molecule has 0 unspecified atom stereocenters. The van der Waals surface area contributed by atoms with E-state index in [0.29, 0.717) is 29.1 Å². The van der Waals surface area contributed by atoms with Crippen LogP contribution in [0.5, 0.6) is 5.75 Å². The SMILES string of the molecule is CCOc1cc2nc(C34CC(C)(C3)C4)cn2cc1NC(=O)c1cccc(C(F)(F)F)n1.O=C(O)C(F)(F)F. The van der Waals surface area contributed by atoms with E-state index in [0.717, 1.165) is 37.1 Å². The number of fused-ring (bicyclic) bond motifs is 1. The first-order valence-corrected chi connectivity index (χ1v) is 11.4. The summed E-state index contributed by atoms with van der Waals surface area (Å²) in [5, 5.41) is 9.76. The van der Waals surface area contributed by atoms with Crippen molar-refractivity contribution in [2.75, 3.05) is 11.9 Å². The minimum atomic E-state index is -5.08. The zero-order valence-electron chi connectivity index (χ0n) is 20.1. The van der Waals surface area contributed by atoms with E-state index in [1.54, 1.807) is 12.3 Å². The largest absolute Gasteiger partial charge is 0.491 e. The molecule has 14 heteroatoms. The van der Waals surface area contributed by atoms with Gasteiger partial charge < -0.3 is 19.6 Å². The standard InChI is InChI=1S/C22H21F3N4O2.C2HF3O2/c1-3-31-15-7-18-28-17(21-10-20(2,11-21)12-21)9-29(18)8-14(15)27-19(30)13-5-4-6-16(26-13)22(23,24)25;3-2(4,5)1(6)7/h4-9H,3,10-12H2,1-2H3,(H,27,30);(H,6,7). The Kier molecular flexibility index (Phi) is 6.56. The molecule has 3 aliphatic carbocycles. The van der Waals surface area contributed by atoms with Gasteiger partial charge in [-0.15, -0.1) is 0 Å². The van der Waals surface area contributed by atoms with E-state index in [1.807, 2.05) is 17.5 Å². The van der Waals surface area contributed by atoms with Gasteiger partial charge in [0.25, 0.3) is 5.91 Å². The molecule has 2 bridgehead atoms. The number of ether oxygens (including phenoxy) is 1. The highest BCUT2D eigenvalue weighted by molar-refractivity contribution is 6.03. The third kappa shape index (κ3) is 5.24. The number of aromatic nitrogens is 3. The highest BCUT2D eigenvalue weighted by Crippen LogP contribution is 2.73. The third-order valence-electron chi connectivity index (χ3n) is 6.46. The number of aliphatic carboxylic acids is 1. The fourth-order valence-corrected chi connectivity index (χ4v) is 5.11. The molecule has 0 saturated heterocycles. The Balaban J connectivity index is 0.000000426. The molecular weight excluding hydrogens is 522 g/mol. The highest BCUT2D eigenvalue weighted by Gasteiger charge is 2.66. The van der Waals surface area contributed by atoms with Crippen LogP contribution < -0.4 is 10.1 Å². The number of halogens is 6. The van der Waals surface area contributed by atoms with Crippen LogP contribution in [0.2, 0.25) is 0 Å². The molecule has 0 aliphatic heterocycles. The van der Waals surface area contributed by atoms with Crippen molar-refractivity contribution >= 4 is 23.2 Å². The summed E-state index contributed by atoms with van der Waals surface area (Å²) in [6.07, 6.45) is -2.68. The quantitative estimate of drug-likeness (QED) is 0.413. The van der Waals surface area contributed by atoms with E-state index in [4.69, 9.17) is 19.6 Å². The number of carboxylic acids is 1. The second-order valence-corrected chi connectivity index (χ2v) is 9.66. The fraction of sp³-hybridized carbons (Fsp3) is 0.417. The number of nitrogens with zero attached hydrogens (tertiary/aromatic N) is 3. The first kappa shape index (κ1) is 27.2. The summed E-state index contributed by atoms with van der Waals surface area (Å²) in [4.78, 5) is 29.7. The molecule has 2 N–H and O–H groups in total. The van der Waals surface area contributed by atoms with Crippen molar-refractivity contribution < 1.29 is 45.8 Å². The van der Waals surface area contributed by atoms with Crippen LogP contribution >= 0.6 is 0 Å². The molecule has 0 spiro atoms. The van der Waals surface area contributed by atoms with Crippen LogP contribution in [0.4, 0.5) is 32.0 Å². The van der Waals surface area contributed by atoms with E-state index in [-0.39, 0.29) is 11.1 Å². The number of pyridine rings is 2. The number of hydrogen-bond acceptors (Lipinski definition) is 5. The van der Waals surface area contributed by atoms with Crippen molar-refractivity contribution in [3.8, 4) is 5.75 Å². The summed E-state index contributed by atoms with van der Waals surface area (Å²) in [7, 11) is 0.